The average molecular weight is 390 g/mol. The normalized spacial score (nSPS) is 10.6. The Kier molecular flexibility index (Phi) is 5.79. The van der Waals surface area contributed by atoms with Crippen LogP contribution in [0.3, 0.4) is 0 Å². The summed E-state index contributed by atoms with van der Waals surface area (Å²) in [6.45, 7) is 1.84. The van der Waals surface area contributed by atoms with Crippen LogP contribution in [0.1, 0.15) is 21.3 Å². The van der Waals surface area contributed by atoms with Crippen LogP contribution in [-0.4, -0.2) is 35.3 Å². The highest BCUT2D eigenvalue weighted by Crippen LogP contribution is 2.29. The second kappa shape index (κ2) is 8.24. The molecule has 0 saturated heterocycles. The van der Waals surface area contributed by atoms with Crippen LogP contribution in [0.5, 0.6) is 11.5 Å². The summed E-state index contributed by atoms with van der Waals surface area (Å²) in [6, 6.07) is 5.79. The predicted molar refractivity (Wildman–Crippen MR) is 101 cm³/mol. The zero-order valence-electron chi connectivity index (χ0n) is 14.6. The third-order valence-electron chi connectivity index (χ3n) is 3.52. The highest BCUT2D eigenvalue weighted by atomic mass is 32.1. The molecule has 136 valence electrons. The van der Waals surface area contributed by atoms with Crippen molar-refractivity contribution in [3.05, 3.63) is 44.9 Å². The third-order valence-corrected chi connectivity index (χ3v) is 5.17. The van der Waals surface area contributed by atoms with Crippen LogP contribution in [0.25, 0.3) is 0 Å². The fourth-order valence-electron chi connectivity index (χ4n) is 2.35. The first kappa shape index (κ1) is 18.3. The van der Waals surface area contributed by atoms with E-state index in [1.807, 2.05) is 30.5 Å². The number of carbonyl (C=O) groups excluding carboxylic acids is 1. The Morgan fingerprint density at radius 2 is 2.00 bits per heavy atom. The zero-order valence-corrected chi connectivity index (χ0v) is 16.2. The lowest BCUT2D eigenvalue weighted by Crippen LogP contribution is -2.14. The van der Waals surface area contributed by atoms with E-state index in [0.717, 1.165) is 21.3 Å². The van der Waals surface area contributed by atoms with Crippen LogP contribution >= 0.6 is 22.7 Å². The molecule has 9 heteroatoms. The van der Waals surface area contributed by atoms with Crippen LogP contribution in [0.2, 0.25) is 0 Å². The number of benzene rings is 1. The van der Waals surface area contributed by atoms with Gasteiger partial charge in [0.05, 0.1) is 31.3 Å². The van der Waals surface area contributed by atoms with E-state index in [1.54, 1.807) is 14.2 Å². The van der Waals surface area contributed by atoms with Crippen LogP contribution in [0.15, 0.2) is 23.6 Å². The predicted octanol–water partition coefficient (Wildman–Crippen LogP) is 3.09. The molecule has 0 bridgehead atoms. The highest BCUT2D eigenvalue weighted by Gasteiger charge is 2.12. The Hall–Kier alpha value is -2.52. The smallest absolute Gasteiger partial charge is 0.232 e. The number of nitrogens with zero attached hydrogens (tertiary/aromatic N) is 3. The van der Waals surface area contributed by atoms with Crippen LogP contribution in [0, 0.1) is 6.92 Å². The molecule has 7 nitrogen and oxygen atoms in total. The molecular formula is C17H18N4O3S2. The molecule has 0 radical (unpaired) electrons. The second-order valence-corrected chi connectivity index (χ2v) is 7.57. The van der Waals surface area contributed by atoms with Gasteiger partial charge in [-0.15, -0.1) is 21.5 Å². The topological polar surface area (TPSA) is 86.2 Å². The van der Waals surface area contributed by atoms with Crippen molar-refractivity contribution in [2.24, 2.45) is 0 Å². The molecule has 2 heterocycles. The monoisotopic (exact) mass is 390 g/mol. The number of thiazole rings is 1. The minimum atomic E-state index is -0.149. The summed E-state index contributed by atoms with van der Waals surface area (Å²) >= 11 is 2.88. The number of carbonyl (C=O) groups is 1. The van der Waals surface area contributed by atoms with E-state index in [2.05, 4.69) is 20.5 Å². The van der Waals surface area contributed by atoms with Gasteiger partial charge in [-0.3, -0.25) is 4.79 Å². The summed E-state index contributed by atoms with van der Waals surface area (Å²) in [7, 11) is 3.22. The van der Waals surface area contributed by atoms with E-state index in [9.17, 15) is 4.79 Å². The lowest BCUT2D eigenvalue weighted by molar-refractivity contribution is -0.115. The maximum atomic E-state index is 12.1. The molecular weight excluding hydrogens is 372 g/mol. The molecule has 0 atom stereocenters. The quantitative estimate of drug-likeness (QED) is 0.667. The minimum absolute atomic E-state index is 0.149. The Morgan fingerprint density at radius 3 is 2.69 bits per heavy atom. The lowest BCUT2D eigenvalue weighted by atomic mass is 10.1. The molecule has 0 fully saturated rings. The Balaban J connectivity index is 1.61. The van der Waals surface area contributed by atoms with E-state index in [-0.39, 0.29) is 12.3 Å². The number of aryl methyl sites for hydroxylation is 1. The summed E-state index contributed by atoms with van der Waals surface area (Å²) in [4.78, 5) is 16.6. The average Bonchev–Trinajstić information content (AvgIpc) is 3.23. The zero-order chi connectivity index (χ0) is 18.5. The molecule has 0 saturated carbocycles. The number of amides is 1. The van der Waals surface area contributed by atoms with Gasteiger partial charge in [0.2, 0.25) is 11.0 Å². The minimum Gasteiger partial charge on any atom is -0.493 e. The lowest BCUT2D eigenvalue weighted by Gasteiger charge is -2.08. The van der Waals surface area contributed by atoms with Gasteiger partial charge in [-0.25, -0.2) is 4.98 Å². The number of ether oxygens (including phenoxy) is 2. The van der Waals surface area contributed by atoms with E-state index < -0.39 is 0 Å². The van der Waals surface area contributed by atoms with Crippen LogP contribution in [-0.2, 0) is 17.6 Å². The second-order valence-electron chi connectivity index (χ2n) is 5.45. The van der Waals surface area contributed by atoms with E-state index in [0.29, 0.717) is 23.1 Å². The number of aromatic nitrogens is 3. The number of nitrogens with one attached hydrogen (secondary N) is 1. The van der Waals surface area contributed by atoms with Crippen molar-refractivity contribution in [3.8, 4) is 11.5 Å². The first-order valence-electron chi connectivity index (χ1n) is 7.81. The number of hydrogen-bond donors (Lipinski definition) is 1. The van der Waals surface area contributed by atoms with Crippen molar-refractivity contribution in [3.63, 3.8) is 0 Å². The molecule has 3 rings (SSSR count). The van der Waals surface area contributed by atoms with Crippen molar-refractivity contribution >= 4 is 33.7 Å². The molecule has 0 unspecified atom stereocenters. The largest absolute Gasteiger partial charge is 0.493 e. The maximum absolute atomic E-state index is 12.1. The van der Waals surface area contributed by atoms with Gasteiger partial charge in [-0.2, -0.15) is 0 Å². The van der Waals surface area contributed by atoms with Gasteiger partial charge >= 0.3 is 0 Å². The third kappa shape index (κ3) is 4.55. The molecule has 0 aliphatic rings. The summed E-state index contributed by atoms with van der Waals surface area (Å²) < 4.78 is 10.6. The fourth-order valence-corrected chi connectivity index (χ4v) is 3.79. The fraction of sp³-hybridized carbons (Fsp3) is 0.294. The van der Waals surface area contributed by atoms with Crippen molar-refractivity contribution < 1.29 is 14.3 Å². The van der Waals surface area contributed by atoms with E-state index in [4.69, 9.17) is 9.47 Å². The van der Waals surface area contributed by atoms with Gasteiger partial charge in [-0.05, 0) is 24.6 Å². The first-order valence-corrected chi connectivity index (χ1v) is 9.51. The Morgan fingerprint density at radius 1 is 1.19 bits per heavy atom. The summed E-state index contributed by atoms with van der Waals surface area (Å²) in [5, 5.41) is 14.7. The molecule has 3 aromatic rings. The number of methoxy groups -OCH3 is 2. The van der Waals surface area contributed by atoms with E-state index in [1.165, 1.54) is 22.7 Å². The molecule has 2 aromatic heterocycles. The van der Waals surface area contributed by atoms with Crippen molar-refractivity contribution in [1.29, 1.82) is 0 Å². The Bertz CT molecular complexity index is 907. The van der Waals surface area contributed by atoms with Gasteiger partial charge in [0.1, 0.15) is 5.01 Å². The van der Waals surface area contributed by atoms with Crippen LogP contribution < -0.4 is 14.8 Å². The first-order chi connectivity index (χ1) is 12.6. The molecule has 26 heavy (non-hydrogen) atoms. The van der Waals surface area contributed by atoms with Gasteiger partial charge < -0.3 is 14.8 Å². The summed E-state index contributed by atoms with van der Waals surface area (Å²) in [5.41, 5.74) is 1.81. The SMILES string of the molecule is COc1ccc(Cc2nc(CC(=O)Nc3nnc(C)s3)cs2)cc1OC. The number of anilines is 1. The summed E-state index contributed by atoms with van der Waals surface area (Å²) in [5.74, 6) is 1.23. The Labute approximate surface area is 159 Å². The molecule has 0 aliphatic heterocycles. The van der Waals surface area contributed by atoms with Gasteiger partial charge in [0, 0.05) is 11.8 Å². The van der Waals surface area contributed by atoms with Gasteiger partial charge in [0.25, 0.3) is 0 Å². The van der Waals surface area contributed by atoms with Crippen molar-refractivity contribution in [2.45, 2.75) is 19.8 Å². The van der Waals surface area contributed by atoms with E-state index >= 15 is 0 Å². The molecule has 0 aliphatic carbocycles. The molecule has 1 aromatic carbocycles. The van der Waals surface area contributed by atoms with Crippen molar-refractivity contribution in [1.82, 2.24) is 15.2 Å². The highest BCUT2D eigenvalue weighted by molar-refractivity contribution is 7.15. The van der Waals surface area contributed by atoms with Gasteiger partial charge in [-0.1, -0.05) is 17.4 Å². The number of rotatable bonds is 7. The van der Waals surface area contributed by atoms with Crippen molar-refractivity contribution in [2.75, 3.05) is 19.5 Å². The summed E-state index contributed by atoms with van der Waals surface area (Å²) in [6.07, 6.45) is 0.878. The van der Waals surface area contributed by atoms with Gasteiger partial charge in [0.15, 0.2) is 11.5 Å². The maximum Gasteiger partial charge on any atom is 0.232 e. The number of hydrogen-bond acceptors (Lipinski definition) is 8. The molecule has 1 N–H and O–H groups in total. The molecule has 1 amide bonds. The molecule has 0 spiro atoms. The standard InChI is InChI=1S/C17H18N4O3S2/c1-10-20-21-17(26-10)19-15(22)8-12-9-25-16(18-12)7-11-4-5-13(23-2)14(6-11)24-3/h4-6,9H,7-8H2,1-3H3,(H,19,21,22). The van der Waals surface area contributed by atoms with Crippen LogP contribution in [0.4, 0.5) is 5.13 Å².